The molecule has 0 bridgehead atoms. The molecule has 0 spiro atoms. The monoisotopic (exact) mass is 333 g/mol. The topological polar surface area (TPSA) is 59.3 Å². The van der Waals surface area contributed by atoms with Crippen LogP contribution >= 0.6 is 15.9 Å². The van der Waals surface area contributed by atoms with Gasteiger partial charge in [-0.2, -0.15) is 5.10 Å². The van der Waals surface area contributed by atoms with E-state index < -0.39 is 5.60 Å². The van der Waals surface area contributed by atoms with Gasteiger partial charge in [-0.1, -0.05) is 13.8 Å². The molecule has 0 aromatic carbocycles. The fourth-order valence-electron chi connectivity index (χ4n) is 1.93. The maximum absolute atomic E-state index is 10.7. The number of nitrogens with zero attached hydrogens (tertiary/aromatic N) is 2. The van der Waals surface area contributed by atoms with Crippen LogP contribution in [0.25, 0.3) is 0 Å². The summed E-state index contributed by atoms with van der Waals surface area (Å²) in [5.41, 5.74) is -0.196. The zero-order valence-corrected chi connectivity index (χ0v) is 13.7. The highest BCUT2D eigenvalue weighted by Gasteiger charge is 2.29. The van der Waals surface area contributed by atoms with Crippen LogP contribution in [0.1, 0.15) is 26.5 Å². The number of halogens is 1. The number of aromatic nitrogens is 2. The first-order valence-corrected chi connectivity index (χ1v) is 7.31. The fraction of sp³-hybridized carbons (Fsp3) is 0.769. The smallest absolute Gasteiger partial charge is 0.117 e. The van der Waals surface area contributed by atoms with E-state index in [-0.39, 0.29) is 0 Å². The standard InChI is InChI=1S/C13H24BrN3O2/c1-10(2)7-15-9-13(3,18)12-11(14)8-16-17(12)5-6-19-4/h8,10,15,18H,5-7,9H2,1-4H3. The van der Waals surface area contributed by atoms with E-state index in [4.69, 9.17) is 4.74 Å². The number of ether oxygens (including phenoxy) is 1. The number of rotatable bonds is 8. The predicted octanol–water partition coefficient (Wildman–Crippen LogP) is 1.75. The van der Waals surface area contributed by atoms with E-state index in [0.717, 1.165) is 16.7 Å². The lowest BCUT2D eigenvalue weighted by Gasteiger charge is -2.26. The third kappa shape index (κ3) is 4.87. The Morgan fingerprint density at radius 1 is 1.58 bits per heavy atom. The van der Waals surface area contributed by atoms with Gasteiger partial charge in [0.05, 0.1) is 29.5 Å². The summed E-state index contributed by atoms with van der Waals surface area (Å²) >= 11 is 3.45. The van der Waals surface area contributed by atoms with Crippen molar-refractivity contribution in [2.24, 2.45) is 5.92 Å². The van der Waals surface area contributed by atoms with Crippen LogP contribution in [-0.4, -0.2) is 41.7 Å². The van der Waals surface area contributed by atoms with E-state index >= 15 is 0 Å². The van der Waals surface area contributed by atoms with Crippen LogP contribution in [0, 0.1) is 5.92 Å². The highest BCUT2D eigenvalue weighted by atomic mass is 79.9. The molecule has 0 aliphatic heterocycles. The number of nitrogens with one attached hydrogen (secondary N) is 1. The van der Waals surface area contributed by atoms with Crippen molar-refractivity contribution >= 4 is 15.9 Å². The summed E-state index contributed by atoms with van der Waals surface area (Å²) in [6.07, 6.45) is 1.71. The first-order valence-electron chi connectivity index (χ1n) is 6.52. The van der Waals surface area contributed by atoms with Gasteiger partial charge in [0.25, 0.3) is 0 Å². The largest absolute Gasteiger partial charge is 0.383 e. The molecule has 0 amide bonds. The Hall–Kier alpha value is -0.430. The van der Waals surface area contributed by atoms with Gasteiger partial charge in [-0.05, 0) is 35.3 Å². The number of aliphatic hydroxyl groups is 1. The van der Waals surface area contributed by atoms with Crippen LogP contribution in [0.15, 0.2) is 10.7 Å². The molecular weight excluding hydrogens is 310 g/mol. The van der Waals surface area contributed by atoms with Gasteiger partial charge in [0.15, 0.2) is 0 Å². The molecule has 1 aromatic heterocycles. The molecule has 0 aliphatic carbocycles. The number of hydrogen-bond acceptors (Lipinski definition) is 4. The molecular formula is C13H24BrN3O2. The van der Waals surface area contributed by atoms with E-state index in [1.165, 1.54) is 0 Å². The number of methoxy groups -OCH3 is 1. The Kier molecular flexibility index (Phi) is 6.46. The van der Waals surface area contributed by atoms with Gasteiger partial charge >= 0.3 is 0 Å². The molecule has 1 rings (SSSR count). The molecule has 0 saturated carbocycles. The highest BCUT2D eigenvalue weighted by Crippen LogP contribution is 2.27. The maximum atomic E-state index is 10.7. The third-order valence-electron chi connectivity index (χ3n) is 2.83. The molecule has 1 aromatic rings. The SMILES string of the molecule is COCCn1ncc(Br)c1C(C)(O)CNCC(C)C. The van der Waals surface area contributed by atoms with Gasteiger partial charge in [-0.15, -0.1) is 0 Å². The lowest BCUT2D eigenvalue weighted by molar-refractivity contribution is 0.0444. The van der Waals surface area contributed by atoms with Crippen molar-refractivity contribution in [2.75, 3.05) is 26.8 Å². The van der Waals surface area contributed by atoms with Crippen LogP contribution in [0.3, 0.4) is 0 Å². The lowest BCUT2D eigenvalue weighted by Crippen LogP contribution is -2.39. The molecule has 1 atom stereocenters. The second kappa shape index (κ2) is 7.38. The molecule has 110 valence electrons. The highest BCUT2D eigenvalue weighted by molar-refractivity contribution is 9.10. The van der Waals surface area contributed by atoms with Crippen molar-refractivity contribution in [3.8, 4) is 0 Å². The lowest BCUT2D eigenvalue weighted by atomic mass is 10.0. The minimum Gasteiger partial charge on any atom is -0.383 e. The molecule has 1 heterocycles. The average molecular weight is 334 g/mol. The first-order chi connectivity index (χ1) is 8.88. The Morgan fingerprint density at radius 2 is 2.26 bits per heavy atom. The Morgan fingerprint density at radius 3 is 2.84 bits per heavy atom. The molecule has 0 aliphatic rings. The zero-order valence-electron chi connectivity index (χ0n) is 12.1. The van der Waals surface area contributed by atoms with Crippen LogP contribution in [-0.2, 0) is 16.9 Å². The summed E-state index contributed by atoms with van der Waals surface area (Å²) in [5.74, 6) is 0.553. The van der Waals surface area contributed by atoms with Gasteiger partial charge in [0, 0.05) is 13.7 Å². The Bertz CT molecular complexity index is 391. The molecule has 1 unspecified atom stereocenters. The molecule has 0 radical (unpaired) electrons. The van der Waals surface area contributed by atoms with Crippen LogP contribution in [0.4, 0.5) is 0 Å². The fourth-order valence-corrected chi connectivity index (χ4v) is 2.66. The van der Waals surface area contributed by atoms with Crippen molar-refractivity contribution in [2.45, 2.75) is 32.9 Å². The second-order valence-electron chi connectivity index (χ2n) is 5.36. The molecule has 5 nitrogen and oxygen atoms in total. The predicted molar refractivity (Wildman–Crippen MR) is 79.1 cm³/mol. The summed E-state index contributed by atoms with van der Waals surface area (Å²) < 4.78 is 7.66. The van der Waals surface area contributed by atoms with Gasteiger partial charge < -0.3 is 15.2 Å². The minimum atomic E-state index is -0.974. The van der Waals surface area contributed by atoms with Crippen molar-refractivity contribution in [3.63, 3.8) is 0 Å². The van der Waals surface area contributed by atoms with Crippen molar-refractivity contribution in [1.29, 1.82) is 0 Å². The summed E-state index contributed by atoms with van der Waals surface area (Å²) in [7, 11) is 1.65. The first kappa shape index (κ1) is 16.6. The van der Waals surface area contributed by atoms with Gasteiger partial charge in [0.1, 0.15) is 5.60 Å². The van der Waals surface area contributed by atoms with E-state index in [2.05, 4.69) is 40.2 Å². The average Bonchev–Trinajstić information content (AvgIpc) is 2.67. The molecule has 19 heavy (non-hydrogen) atoms. The van der Waals surface area contributed by atoms with Gasteiger partial charge in [0.2, 0.25) is 0 Å². The van der Waals surface area contributed by atoms with Crippen LogP contribution in [0.2, 0.25) is 0 Å². The summed E-state index contributed by atoms with van der Waals surface area (Å²) in [4.78, 5) is 0. The summed E-state index contributed by atoms with van der Waals surface area (Å²) in [6.45, 7) is 8.63. The maximum Gasteiger partial charge on any atom is 0.117 e. The second-order valence-corrected chi connectivity index (χ2v) is 6.21. The van der Waals surface area contributed by atoms with E-state index in [9.17, 15) is 5.11 Å². The van der Waals surface area contributed by atoms with E-state index in [1.54, 1.807) is 24.9 Å². The Balaban J connectivity index is 2.77. The Labute approximate surface area is 123 Å². The molecule has 6 heteroatoms. The van der Waals surface area contributed by atoms with Crippen LogP contribution < -0.4 is 5.32 Å². The van der Waals surface area contributed by atoms with Crippen molar-refractivity contribution in [3.05, 3.63) is 16.4 Å². The zero-order chi connectivity index (χ0) is 14.5. The molecule has 0 fully saturated rings. The van der Waals surface area contributed by atoms with Crippen molar-refractivity contribution in [1.82, 2.24) is 15.1 Å². The minimum absolute atomic E-state index is 0.489. The third-order valence-corrected chi connectivity index (χ3v) is 3.41. The molecule has 2 N–H and O–H groups in total. The summed E-state index contributed by atoms with van der Waals surface area (Å²) in [5, 5.41) is 18.2. The van der Waals surface area contributed by atoms with Gasteiger partial charge in [-0.3, -0.25) is 4.68 Å². The van der Waals surface area contributed by atoms with Gasteiger partial charge in [-0.25, -0.2) is 0 Å². The van der Waals surface area contributed by atoms with Crippen LogP contribution in [0.5, 0.6) is 0 Å². The normalized spacial score (nSPS) is 14.9. The van der Waals surface area contributed by atoms with Crippen molar-refractivity contribution < 1.29 is 9.84 Å². The summed E-state index contributed by atoms with van der Waals surface area (Å²) in [6, 6.07) is 0. The van der Waals surface area contributed by atoms with E-state index in [1.807, 2.05) is 0 Å². The van der Waals surface area contributed by atoms with E-state index in [0.29, 0.717) is 25.6 Å². The molecule has 0 saturated heterocycles. The number of hydrogen-bond donors (Lipinski definition) is 2. The quantitative estimate of drug-likeness (QED) is 0.760.